The van der Waals surface area contributed by atoms with Gasteiger partial charge in [0.15, 0.2) is 0 Å². The van der Waals surface area contributed by atoms with Crippen molar-refractivity contribution in [2.75, 3.05) is 6.61 Å². The highest BCUT2D eigenvalue weighted by molar-refractivity contribution is 6.76. The predicted octanol–water partition coefficient (Wildman–Crippen LogP) is 5.77. The molecule has 0 aliphatic rings. The molecule has 0 N–H and O–H groups in total. The summed E-state index contributed by atoms with van der Waals surface area (Å²) in [5, 5.41) is 4.79. The van der Waals surface area contributed by atoms with Crippen LogP contribution in [0.25, 0.3) is 33.8 Å². The van der Waals surface area contributed by atoms with E-state index in [0.29, 0.717) is 24.6 Å². The molecular weight excluding hydrogens is 433 g/mol. The van der Waals surface area contributed by atoms with Crippen LogP contribution in [0.15, 0.2) is 55.1 Å². The molecule has 0 atom stereocenters. The standard InChI is InChI=1S/C25H30FN5OSi/c1-18-7-6-8-23(28-18)25-21(14-31(29-25)17-32-11-12-33(3,4)5)19-9-10-22(26)20(13-19)24-15-30(2)16-27-24/h6-10,13-16H,11-12,17H2,1-5H3. The van der Waals surface area contributed by atoms with Gasteiger partial charge in [0.05, 0.1) is 17.7 Å². The number of hydrogen-bond donors (Lipinski definition) is 0. The van der Waals surface area contributed by atoms with Crippen LogP contribution in [0, 0.1) is 12.7 Å². The van der Waals surface area contributed by atoms with Crippen LogP contribution in [0.3, 0.4) is 0 Å². The smallest absolute Gasteiger partial charge is 0.139 e. The summed E-state index contributed by atoms with van der Waals surface area (Å²) in [6, 6.07) is 12.0. The Morgan fingerprint density at radius 1 is 1.03 bits per heavy atom. The molecule has 33 heavy (non-hydrogen) atoms. The summed E-state index contributed by atoms with van der Waals surface area (Å²) in [4.78, 5) is 8.99. The van der Waals surface area contributed by atoms with Crippen LogP contribution in [0.1, 0.15) is 5.69 Å². The van der Waals surface area contributed by atoms with Crippen molar-refractivity contribution in [1.82, 2.24) is 24.3 Å². The molecule has 0 aliphatic carbocycles. The summed E-state index contributed by atoms with van der Waals surface area (Å²) in [5.41, 5.74) is 5.20. The Balaban J connectivity index is 1.71. The fourth-order valence-electron chi connectivity index (χ4n) is 3.54. The third-order valence-electron chi connectivity index (χ3n) is 5.37. The summed E-state index contributed by atoms with van der Waals surface area (Å²) < 4.78 is 24.2. The summed E-state index contributed by atoms with van der Waals surface area (Å²) in [6.45, 7) is 10.0. The molecule has 8 heteroatoms. The summed E-state index contributed by atoms with van der Waals surface area (Å²) in [6.07, 6.45) is 5.42. The molecule has 1 aromatic carbocycles. The molecule has 0 spiro atoms. The molecule has 0 unspecified atom stereocenters. The van der Waals surface area contributed by atoms with Gasteiger partial charge in [0.1, 0.15) is 18.2 Å². The van der Waals surface area contributed by atoms with E-state index in [-0.39, 0.29) is 5.82 Å². The van der Waals surface area contributed by atoms with E-state index < -0.39 is 8.07 Å². The minimum atomic E-state index is -1.16. The van der Waals surface area contributed by atoms with E-state index in [2.05, 4.69) is 29.6 Å². The molecule has 0 saturated heterocycles. The molecule has 4 rings (SSSR count). The summed E-state index contributed by atoms with van der Waals surface area (Å²) in [5.74, 6) is -0.310. The second-order valence-corrected chi connectivity index (χ2v) is 15.2. The van der Waals surface area contributed by atoms with Gasteiger partial charge in [-0.25, -0.2) is 14.1 Å². The minimum absolute atomic E-state index is 0.310. The van der Waals surface area contributed by atoms with Gasteiger partial charge < -0.3 is 9.30 Å². The van der Waals surface area contributed by atoms with Gasteiger partial charge in [-0.15, -0.1) is 0 Å². The Kier molecular flexibility index (Phi) is 6.58. The second kappa shape index (κ2) is 9.41. The Labute approximate surface area is 195 Å². The predicted molar refractivity (Wildman–Crippen MR) is 132 cm³/mol. The normalized spacial score (nSPS) is 11.8. The van der Waals surface area contributed by atoms with Crippen molar-refractivity contribution in [2.45, 2.75) is 39.3 Å². The summed E-state index contributed by atoms with van der Waals surface area (Å²) in [7, 11) is 0.704. The van der Waals surface area contributed by atoms with Crippen LogP contribution in [-0.4, -0.2) is 39.0 Å². The summed E-state index contributed by atoms with van der Waals surface area (Å²) >= 11 is 0. The molecular formula is C25H30FN5OSi. The Hall–Kier alpha value is -3.10. The van der Waals surface area contributed by atoms with E-state index in [0.717, 1.165) is 34.3 Å². The van der Waals surface area contributed by atoms with E-state index in [4.69, 9.17) is 9.84 Å². The molecule has 6 nitrogen and oxygen atoms in total. The Bertz CT molecular complexity index is 1260. The van der Waals surface area contributed by atoms with Gasteiger partial charge in [-0.3, -0.25) is 4.98 Å². The highest BCUT2D eigenvalue weighted by atomic mass is 28.3. The number of benzene rings is 1. The van der Waals surface area contributed by atoms with E-state index in [1.165, 1.54) is 6.07 Å². The van der Waals surface area contributed by atoms with Gasteiger partial charge in [0.2, 0.25) is 0 Å². The lowest BCUT2D eigenvalue weighted by Gasteiger charge is -2.15. The third-order valence-corrected chi connectivity index (χ3v) is 7.07. The zero-order valence-corrected chi connectivity index (χ0v) is 20.8. The maximum Gasteiger partial charge on any atom is 0.139 e. The molecule has 4 aromatic rings. The van der Waals surface area contributed by atoms with Crippen molar-refractivity contribution in [3.8, 4) is 33.8 Å². The first-order chi connectivity index (χ1) is 15.7. The molecule has 0 radical (unpaired) electrons. The van der Waals surface area contributed by atoms with Gasteiger partial charge in [0, 0.05) is 50.9 Å². The van der Waals surface area contributed by atoms with Crippen LogP contribution in [0.2, 0.25) is 25.7 Å². The van der Waals surface area contributed by atoms with Crippen LogP contribution in [-0.2, 0) is 18.5 Å². The highest BCUT2D eigenvalue weighted by Gasteiger charge is 2.18. The van der Waals surface area contributed by atoms with Crippen molar-refractivity contribution in [3.05, 3.63) is 66.6 Å². The first-order valence-corrected chi connectivity index (χ1v) is 14.8. The van der Waals surface area contributed by atoms with Crippen LogP contribution in [0.5, 0.6) is 0 Å². The number of rotatable bonds is 8. The monoisotopic (exact) mass is 463 g/mol. The Morgan fingerprint density at radius 3 is 2.55 bits per heavy atom. The zero-order valence-electron chi connectivity index (χ0n) is 19.8. The van der Waals surface area contributed by atoms with Gasteiger partial charge in [-0.2, -0.15) is 5.10 Å². The number of imidazole rings is 1. The molecule has 3 heterocycles. The average molecular weight is 464 g/mol. The lowest BCUT2D eigenvalue weighted by molar-refractivity contribution is 0.0787. The number of pyridine rings is 1. The second-order valence-electron chi connectivity index (χ2n) is 9.56. The Morgan fingerprint density at radius 2 is 1.85 bits per heavy atom. The molecule has 0 fully saturated rings. The average Bonchev–Trinajstić information content (AvgIpc) is 3.37. The van der Waals surface area contributed by atoms with Crippen molar-refractivity contribution in [2.24, 2.45) is 7.05 Å². The minimum Gasteiger partial charge on any atom is -0.360 e. The fourth-order valence-corrected chi connectivity index (χ4v) is 4.30. The molecule has 0 aliphatic heterocycles. The van der Waals surface area contributed by atoms with Crippen molar-refractivity contribution in [1.29, 1.82) is 0 Å². The number of aromatic nitrogens is 5. The van der Waals surface area contributed by atoms with Crippen molar-refractivity contribution in [3.63, 3.8) is 0 Å². The lowest BCUT2D eigenvalue weighted by atomic mass is 10.0. The maximum absolute atomic E-state index is 14.7. The number of ether oxygens (including phenoxy) is 1. The fraction of sp³-hybridized carbons (Fsp3) is 0.320. The molecule has 172 valence electrons. The SMILES string of the molecule is Cc1cccc(-c2nn(COCC[Si](C)(C)C)cc2-c2ccc(F)c(-c3cn(C)cn3)c2)n1. The maximum atomic E-state index is 14.7. The first kappa shape index (κ1) is 23.1. The van der Waals surface area contributed by atoms with E-state index in [1.54, 1.807) is 27.8 Å². The number of nitrogens with zero attached hydrogens (tertiary/aromatic N) is 5. The number of hydrogen-bond acceptors (Lipinski definition) is 4. The van der Waals surface area contributed by atoms with E-state index >= 15 is 0 Å². The van der Waals surface area contributed by atoms with Gasteiger partial charge in [-0.1, -0.05) is 31.8 Å². The van der Waals surface area contributed by atoms with Crippen LogP contribution >= 0.6 is 0 Å². The number of halogens is 1. The lowest BCUT2D eigenvalue weighted by Crippen LogP contribution is -2.22. The van der Waals surface area contributed by atoms with Gasteiger partial charge in [0.25, 0.3) is 0 Å². The topological polar surface area (TPSA) is 57.8 Å². The quantitative estimate of drug-likeness (QED) is 0.246. The zero-order chi connectivity index (χ0) is 23.6. The van der Waals surface area contributed by atoms with Crippen molar-refractivity contribution >= 4 is 8.07 Å². The van der Waals surface area contributed by atoms with Crippen LogP contribution < -0.4 is 0 Å². The number of aryl methyl sites for hydroxylation is 2. The van der Waals surface area contributed by atoms with Crippen molar-refractivity contribution < 1.29 is 9.13 Å². The molecule has 0 saturated carbocycles. The van der Waals surface area contributed by atoms with E-state index in [9.17, 15) is 4.39 Å². The van der Waals surface area contributed by atoms with E-state index in [1.807, 2.05) is 44.4 Å². The molecule has 3 aromatic heterocycles. The van der Waals surface area contributed by atoms with Gasteiger partial charge >= 0.3 is 0 Å². The van der Waals surface area contributed by atoms with Gasteiger partial charge in [-0.05, 0) is 42.8 Å². The molecule has 0 amide bonds. The van der Waals surface area contributed by atoms with Crippen LogP contribution in [0.4, 0.5) is 4.39 Å². The molecule has 0 bridgehead atoms. The largest absolute Gasteiger partial charge is 0.360 e. The highest BCUT2D eigenvalue weighted by Crippen LogP contribution is 2.33. The first-order valence-electron chi connectivity index (χ1n) is 11.1. The third kappa shape index (κ3) is 5.64.